The molecule has 0 aliphatic rings. The summed E-state index contributed by atoms with van der Waals surface area (Å²) in [5, 5.41) is 26.6. The van der Waals surface area contributed by atoms with E-state index in [1.54, 1.807) is 0 Å². The average molecular weight is 205 g/mol. The molecule has 1 rings (SSSR count). The zero-order valence-electron chi connectivity index (χ0n) is 4.87. The molecule has 0 aliphatic carbocycles. The second-order valence-electron chi connectivity index (χ2n) is 1.80. The summed E-state index contributed by atoms with van der Waals surface area (Å²) < 4.78 is 0.269. The quantitative estimate of drug-likeness (QED) is 0.445. The summed E-state index contributed by atoms with van der Waals surface area (Å²) in [6, 6.07) is 2.34. The lowest BCUT2D eigenvalue weighted by Gasteiger charge is -1.99. The van der Waals surface area contributed by atoms with Crippen LogP contribution in [0.5, 0.6) is 17.2 Å². The highest BCUT2D eigenvalue weighted by Crippen LogP contribution is 2.36. The molecule has 0 saturated carbocycles. The first-order valence-corrected chi connectivity index (χ1v) is 3.31. The van der Waals surface area contributed by atoms with Gasteiger partial charge in [0.1, 0.15) is 5.75 Å². The van der Waals surface area contributed by atoms with Gasteiger partial charge in [-0.2, -0.15) is 0 Å². The fraction of sp³-hybridized carbons (Fsp3) is 0. The van der Waals surface area contributed by atoms with E-state index in [0.717, 1.165) is 6.07 Å². The molecule has 54 valence electrons. The van der Waals surface area contributed by atoms with E-state index in [9.17, 15) is 0 Å². The zero-order chi connectivity index (χ0) is 7.72. The molecule has 0 unspecified atom stereocenters. The van der Waals surface area contributed by atoms with Gasteiger partial charge < -0.3 is 15.3 Å². The molecule has 0 heterocycles. The molecule has 0 saturated heterocycles. The van der Waals surface area contributed by atoms with Gasteiger partial charge in [0.15, 0.2) is 11.5 Å². The van der Waals surface area contributed by atoms with Crippen molar-refractivity contribution in [3.05, 3.63) is 16.6 Å². The maximum Gasteiger partial charge on any atom is 0.172 e. The SMILES string of the molecule is Oc1cc(O)c(O)c(Br)c1. The molecule has 0 amide bonds. The number of rotatable bonds is 0. The molecule has 1 aromatic rings. The molecular formula is C6H5BrO3. The predicted molar refractivity (Wildman–Crippen MR) is 39.1 cm³/mol. The fourth-order valence-corrected chi connectivity index (χ4v) is 1.01. The second-order valence-corrected chi connectivity index (χ2v) is 2.65. The van der Waals surface area contributed by atoms with Crippen LogP contribution in [0.25, 0.3) is 0 Å². The molecule has 0 aromatic heterocycles. The van der Waals surface area contributed by atoms with Crippen molar-refractivity contribution in [3.63, 3.8) is 0 Å². The lowest BCUT2D eigenvalue weighted by molar-refractivity contribution is 0.394. The van der Waals surface area contributed by atoms with Gasteiger partial charge in [0.2, 0.25) is 0 Å². The molecule has 1 aromatic carbocycles. The number of aromatic hydroxyl groups is 3. The number of phenolic OH excluding ortho intramolecular Hbond substituents is 3. The van der Waals surface area contributed by atoms with Gasteiger partial charge in [0, 0.05) is 6.07 Å². The van der Waals surface area contributed by atoms with E-state index in [0.29, 0.717) is 0 Å². The summed E-state index contributed by atoms with van der Waals surface area (Å²) in [7, 11) is 0. The molecule has 0 atom stereocenters. The van der Waals surface area contributed by atoms with Crippen molar-refractivity contribution in [3.8, 4) is 17.2 Å². The predicted octanol–water partition coefficient (Wildman–Crippen LogP) is 1.57. The highest BCUT2D eigenvalue weighted by atomic mass is 79.9. The second kappa shape index (κ2) is 2.38. The molecule has 4 heteroatoms. The maximum absolute atomic E-state index is 8.92. The number of hydrogen-bond acceptors (Lipinski definition) is 3. The van der Waals surface area contributed by atoms with Crippen LogP contribution >= 0.6 is 15.9 Å². The van der Waals surface area contributed by atoms with Gasteiger partial charge in [-0.3, -0.25) is 0 Å². The van der Waals surface area contributed by atoms with E-state index >= 15 is 0 Å². The summed E-state index contributed by atoms with van der Waals surface area (Å²) in [5.74, 6) is -0.702. The van der Waals surface area contributed by atoms with Crippen LogP contribution in [0.15, 0.2) is 16.6 Å². The lowest BCUT2D eigenvalue weighted by atomic mass is 10.3. The minimum Gasteiger partial charge on any atom is -0.508 e. The van der Waals surface area contributed by atoms with Crippen molar-refractivity contribution in [2.75, 3.05) is 0 Å². The van der Waals surface area contributed by atoms with Crippen molar-refractivity contribution in [1.29, 1.82) is 0 Å². The number of halogens is 1. The van der Waals surface area contributed by atoms with Crippen molar-refractivity contribution in [1.82, 2.24) is 0 Å². The molecule has 0 aliphatic heterocycles. The average Bonchev–Trinajstić information content (AvgIpc) is 1.82. The standard InChI is InChI=1S/C6H5BrO3/c7-4-1-3(8)2-5(9)6(4)10/h1-2,8-10H. The van der Waals surface area contributed by atoms with Crippen molar-refractivity contribution < 1.29 is 15.3 Å². The summed E-state index contributed by atoms with van der Waals surface area (Å²) in [5.41, 5.74) is 0. The van der Waals surface area contributed by atoms with Crippen LogP contribution in [0.4, 0.5) is 0 Å². The highest BCUT2D eigenvalue weighted by molar-refractivity contribution is 9.10. The minimum atomic E-state index is -0.341. The Labute approximate surface area is 65.7 Å². The first-order chi connectivity index (χ1) is 4.61. The molecule has 10 heavy (non-hydrogen) atoms. The Balaban J connectivity index is 3.31. The Morgan fingerprint density at radius 3 is 2.20 bits per heavy atom. The molecule has 0 spiro atoms. The first-order valence-electron chi connectivity index (χ1n) is 2.51. The third-order valence-electron chi connectivity index (χ3n) is 1.03. The lowest BCUT2D eigenvalue weighted by Crippen LogP contribution is -1.71. The molecule has 0 bridgehead atoms. The topological polar surface area (TPSA) is 60.7 Å². The number of benzene rings is 1. The number of phenols is 3. The number of hydrogen-bond donors (Lipinski definition) is 3. The van der Waals surface area contributed by atoms with Crippen LogP contribution < -0.4 is 0 Å². The highest BCUT2D eigenvalue weighted by Gasteiger charge is 2.04. The van der Waals surface area contributed by atoms with Crippen LogP contribution in [-0.2, 0) is 0 Å². The van der Waals surface area contributed by atoms with E-state index in [4.69, 9.17) is 15.3 Å². The largest absolute Gasteiger partial charge is 0.508 e. The smallest absolute Gasteiger partial charge is 0.172 e. The Hall–Kier alpha value is -0.900. The van der Waals surface area contributed by atoms with E-state index < -0.39 is 0 Å². The Kier molecular flexibility index (Phi) is 1.72. The molecular weight excluding hydrogens is 200 g/mol. The zero-order valence-corrected chi connectivity index (χ0v) is 6.46. The van der Waals surface area contributed by atoms with Gasteiger partial charge in [-0.25, -0.2) is 0 Å². The summed E-state index contributed by atoms with van der Waals surface area (Å²) >= 11 is 2.93. The monoisotopic (exact) mass is 204 g/mol. The Morgan fingerprint density at radius 2 is 1.70 bits per heavy atom. The van der Waals surface area contributed by atoms with Crippen molar-refractivity contribution in [2.45, 2.75) is 0 Å². The summed E-state index contributed by atoms with van der Waals surface area (Å²) in [4.78, 5) is 0. The van der Waals surface area contributed by atoms with Crippen LogP contribution in [0.1, 0.15) is 0 Å². The van der Waals surface area contributed by atoms with Crippen LogP contribution in [0, 0.1) is 0 Å². The third-order valence-corrected chi connectivity index (χ3v) is 1.63. The van der Waals surface area contributed by atoms with Gasteiger partial charge in [-0.1, -0.05) is 0 Å². The van der Waals surface area contributed by atoms with Crippen molar-refractivity contribution >= 4 is 15.9 Å². The summed E-state index contributed by atoms with van der Waals surface area (Å²) in [6.07, 6.45) is 0. The Morgan fingerprint density at radius 1 is 1.10 bits per heavy atom. The maximum atomic E-state index is 8.92. The molecule has 0 radical (unpaired) electrons. The molecule has 3 nitrogen and oxygen atoms in total. The van der Waals surface area contributed by atoms with E-state index in [2.05, 4.69) is 15.9 Å². The van der Waals surface area contributed by atoms with Gasteiger partial charge in [-0.05, 0) is 22.0 Å². The van der Waals surface area contributed by atoms with Gasteiger partial charge in [-0.15, -0.1) is 0 Å². The van der Waals surface area contributed by atoms with E-state index in [1.807, 2.05) is 0 Å². The fourth-order valence-electron chi connectivity index (χ4n) is 0.571. The normalized spacial score (nSPS) is 9.70. The van der Waals surface area contributed by atoms with Crippen LogP contribution in [0.3, 0.4) is 0 Å². The molecule has 0 fully saturated rings. The third kappa shape index (κ3) is 1.16. The summed E-state index contributed by atoms with van der Waals surface area (Å²) in [6.45, 7) is 0. The van der Waals surface area contributed by atoms with Gasteiger partial charge >= 0.3 is 0 Å². The van der Waals surface area contributed by atoms with Crippen molar-refractivity contribution in [2.24, 2.45) is 0 Å². The molecule has 3 N–H and O–H groups in total. The van der Waals surface area contributed by atoms with Gasteiger partial charge in [0.25, 0.3) is 0 Å². The van der Waals surface area contributed by atoms with E-state index in [1.165, 1.54) is 6.07 Å². The minimum absolute atomic E-state index is 0.0952. The van der Waals surface area contributed by atoms with E-state index in [-0.39, 0.29) is 21.7 Å². The van der Waals surface area contributed by atoms with Gasteiger partial charge in [0.05, 0.1) is 4.47 Å². The van der Waals surface area contributed by atoms with Crippen LogP contribution in [0.2, 0.25) is 0 Å². The first kappa shape index (κ1) is 7.21. The van der Waals surface area contributed by atoms with Crippen LogP contribution in [-0.4, -0.2) is 15.3 Å². The Bertz CT molecular complexity index is 236.